The van der Waals surface area contributed by atoms with Crippen molar-refractivity contribution >= 4 is 27.2 Å². The quantitative estimate of drug-likeness (QED) is 0.109. The van der Waals surface area contributed by atoms with E-state index in [1.165, 1.54) is 46.1 Å². The molecule has 0 saturated heterocycles. The third-order valence-electron chi connectivity index (χ3n) is 10.8. The molecule has 0 unspecified atom stereocenters. The van der Waals surface area contributed by atoms with Crippen molar-refractivity contribution in [2.24, 2.45) is 0 Å². The van der Waals surface area contributed by atoms with Crippen molar-refractivity contribution in [3.8, 4) is 44.9 Å². The molecule has 9 heteroatoms. The lowest BCUT2D eigenvalue weighted by molar-refractivity contribution is -0.0499. The first kappa shape index (κ1) is 50.2. The normalized spacial score (nSPS) is 10.7. The minimum atomic E-state index is -5.68. The summed E-state index contributed by atoms with van der Waals surface area (Å²) in [6, 6.07) is 92.4. The molecule has 0 heterocycles. The molecule has 0 aromatic heterocycles. The van der Waals surface area contributed by atoms with E-state index in [1.54, 1.807) is 42.5 Å². The van der Waals surface area contributed by atoms with E-state index in [9.17, 15) is 26.7 Å². The van der Waals surface area contributed by atoms with Crippen LogP contribution in [0, 0.1) is 0 Å². The molecule has 0 saturated carbocycles. The number of hydrogen-bond acceptors (Lipinski definition) is 5. The molecule has 0 aliphatic carbocycles. The van der Waals surface area contributed by atoms with Crippen molar-refractivity contribution in [2.45, 2.75) is 11.9 Å². The summed E-state index contributed by atoms with van der Waals surface area (Å²) in [7, 11) is -5.68. The molecule has 71 heavy (non-hydrogen) atoms. The second-order valence-electron chi connectivity index (χ2n) is 15.8. The number of halogens is 3. The zero-order chi connectivity index (χ0) is 49.7. The average molecular weight is 962 g/mol. The lowest BCUT2D eigenvalue weighted by Crippen LogP contribution is -2.28. The van der Waals surface area contributed by atoms with E-state index < -0.39 is 15.6 Å². The number of alkyl halides is 3. The Morgan fingerprint density at radius 2 is 0.704 bits per heavy atom. The van der Waals surface area contributed by atoms with E-state index in [0.717, 1.165) is 28.9 Å². The number of nitrogens with zero attached hydrogens (tertiary/aromatic N) is 1. The van der Waals surface area contributed by atoms with Crippen molar-refractivity contribution in [2.75, 3.05) is 4.90 Å². The largest absolute Gasteiger partial charge is 0.534 e. The van der Waals surface area contributed by atoms with Crippen molar-refractivity contribution < 1.29 is 30.9 Å². The topological polar surface area (TPSA) is 66.8 Å². The third-order valence-corrected chi connectivity index (χ3v) is 11.8. The predicted molar refractivity (Wildman–Crippen MR) is 283 cm³/mol. The van der Waals surface area contributed by atoms with Crippen LogP contribution in [-0.2, 0) is 16.5 Å². The highest BCUT2D eigenvalue weighted by molar-refractivity contribution is 7.88. The number of benzene rings is 10. The number of phenols is 1. The number of para-hydroxylation sites is 5. The summed E-state index contributed by atoms with van der Waals surface area (Å²) in [5.74, 6) is -0.0373. The molecule has 0 radical (unpaired) electrons. The second-order valence-corrected chi connectivity index (χ2v) is 17.3. The minimum absolute atomic E-state index is 0.265. The molecule has 10 rings (SSSR count). The van der Waals surface area contributed by atoms with Crippen molar-refractivity contribution in [3.05, 3.63) is 296 Å². The zero-order valence-electron chi connectivity index (χ0n) is 38.5. The van der Waals surface area contributed by atoms with Crippen LogP contribution >= 0.6 is 0 Å². The lowest BCUT2D eigenvalue weighted by atomic mass is 10.0. The van der Waals surface area contributed by atoms with Crippen LogP contribution in [0.5, 0.6) is 11.5 Å². The van der Waals surface area contributed by atoms with Gasteiger partial charge in [-0.2, -0.15) is 21.6 Å². The van der Waals surface area contributed by atoms with Gasteiger partial charge in [0.2, 0.25) is 0 Å². The first-order chi connectivity index (χ1) is 34.6. The molecule has 0 aliphatic rings. The number of phenolic OH excluding ortho intramolecular Hbond substituents is 1. The Bertz CT molecular complexity index is 3160. The molecule has 0 spiro atoms. The van der Waals surface area contributed by atoms with E-state index >= 15 is 0 Å². The molecule has 0 atom stereocenters. The van der Waals surface area contributed by atoms with Gasteiger partial charge in [0.25, 0.3) is 0 Å². The fourth-order valence-corrected chi connectivity index (χ4v) is 7.91. The van der Waals surface area contributed by atoms with Gasteiger partial charge < -0.3 is 14.2 Å². The van der Waals surface area contributed by atoms with Crippen LogP contribution in [0.2, 0.25) is 0 Å². The maximum absolute atomic E-state index is 12.3. The fourth-order valence-electron chi connectivity index (χ4n) is 7.44. The van der Waals surface area contributed by atoms with E-state index in [0.29, 0.717) is 11.3 Å². The number of rotatable bonds is 10. The Balaban J connectivity index is 0.000000145. The molecule has 5 nitrogen and oxygen atoms in total. The van der Waals surface area contributed by atoms with Gasteiger partial charge in [-0.05, 0) is 76.7 Å². The van der Waals surface area contributed by atoms with Gasteiger partial charge in [-0.25, -0.2) is 0 Å². The maximum atomic E-state index is 12.3. The monoisotopic (exact) mass is 961 g/mol. The molecular weight excluding hydrogens is 912 g/mol. The van der Waals surface area contributed by atoms with Gasteiger partial charge in [-0.15, -0.1) is 0 Å². The second kappa shape index (κ2) is 25.1. The highest BCUT2D eigenvalue weighted by Crippen LogP contribution is 2.40. The highest BCUT2D eigenvalue weighted by Gasteiger charge is 2.48. The predicted octanol–water partition coefficient (Wildman–Crippen LogP) is 16.7. The Morgan fingerprint density at radius 1 is 0.380 bits per heavy atom. The van der Waals surface area contributed by atoms with Gasteiger partial charge in [0, 0.05) is 28.1 Å². The van der Waals surface area contributed by atoms with E-state index in [2.05, 4.69) is 185 Å². The van der Waals surface area contributed by atoms with Crippen LogP contribution in [0.4, 0.5) is 30.2 Å². The number of hydrogen-bond donors (Lipinski definition) is 1. The molecule has 10 aromatic carbocycles. The first-order valence-corrected chi connectivity index (χ1v) is 24.1. The molecule has 0 fully saturated rings. The smallest absolute Gasteiger partial charge is 0.507 e. The maximum Gasteiger partial charge on any atom is 0.534 e. The van der Waals surface area contributed by atoms with Crippen molar-refractivity contribution in [1.29, 1.82) is 0 Å². The van der Waals surface area contributed by atoms with Gasteiger partial charge in [0.05, 0.1) is 5.69 Å². The Hall–Kier alpha value is -8.66. The summed E-state index contributed by atoms with van der Waals surface area (Å²) in [6.07, 6.45) is 1.03. The van der Waals surface area contributed by atoms with Crippen LogP contribution in [0.15, 0.2) is 285 Å². The molecule has 354 valence electrons. The summed E-state index contributed by atoms with van der Waals surface area (Å²) < 4.78 is 63.3. The number of aromatic hydroxyl groups is 1. The van der Waals surface area contributed by atoms with Gasteiger partial charge >= 0.3 is 15.6 Å². The first-order valence-electron chi connectivity index (χ1n) is 22.7. The van der Waals surface area contributed by atoms with Gasteiger partial charge in [-0.3, -0.25) is 0 Å². The standard InChI is InChI=1S/C24H19N.C13H9F3O3S.C13H12.C12H10O/c1-4-12-20(13-5-1)23-18-10-11-19-24(23)25(21-14-6-2-7-15-21)22-16-8-3-9-17-22;14-13(15,16)20(17,18)19-12-9-5-4-8-11(12)10-6-2-1-3-7-10;1-3-7-12(8-4-1)11-13-9-5-2-6-10-13;13-12-9-5-4-8-11(12)10-6-2-1-3-7-10/h1-19H;1-9H;1-10H,11H2;1-9,13H. The Morgan fingerprint density at radius 3 is 1.14 bits per heavy atom. The summed E-state index contributed by atoms with van der Waals surface area (Å²) in [6.45, 7) is 0. The lowest BCUT2D eigenvalue weighted by Gasteiger charge is -2.27. The zero-order valence-corrected chi connectivity index (χ0v) is 39.3. The molecule has 10 aromatic rings. The average Bonchev–Trinajstić information content (AvgIpc) is 3.41. The Labute approximate surface area is 414 Å². The molecule has 0 amide bonds. The summed E-state index contributed by atoms with van der Waals surface area (Å²) in [5, 5.41) is 9.56. The molecule has 1 N–H and O–H groups in total. The SMILES string of the molecule is O=S(=O)(Oc1ccccc1-c1ccccc1)C(F)(F)F.Oc1ccccc1-c1ccccc1.c1ccc(-c2ccccc2N(c2ccccc2)c2ccccc2)cc1.c1ccc(Cc2ccccc2)cc1. The highest BCUT2D eigenvalue weighted by atomic mass is 32.2. The molecule has 0 aliphatic heterocycles. The van der Waals surface area contributed by atoms with Gasteiger partial charge in [0.1, 0.15) is 5.75 Å². The van der Waals surface area contributed by atoms with E-state index in [-0.39, 0.29) is 11.3 Å². The Kier molecular flexibility index (Phi) is 17.8. The van der Waals surface area contributed by atoms with E-state index in [4.69, 9.17) is 0 Å². The molecule has 0 bridgehead atoms. The summed E-state index contributed by atoms with van der Waals surface area (Å²) in [4.78, 5) is 2.31. The van der Waals surface area contributed by atoms with Crippen molar-refractivity contribution in [3.63, 3.8) is 0 Å². The number of anilines is 3. The third kappa shape index (κ3) is 14.4. The van der Waals surface area contributed by atoms with E-state index in [1.807, 2.05) is 48.5 Å². The van der Waals surface area contributed by atoms with Gasteiger partial charge in [0.15, 0.2) is 5.75 Å². The van der Waals surface area contributed by atoms with Crippen molar-refractivity contribution in [1.82, 2.24) is 0 Å². The molecular formula is C62H50F3NO4S. The van der Waals surface area contributed by atoms with Gasteiger partial charge in [-0.1, -0.05) is 243 Å². The summed E-state index contributed by atoms with van der Waals surface area (Å²) >= 11 is 0. The fraction of sp³-hybridized carbons (Fsp3) is 0.0323. The minimum Gasteiger partial charge on any atom is -0.507 e. The van der Waals surface area contributed by atoms with Crippen LogP contribution in [0.3, 0.4) is 0 Å². The van der Waals surface area contributed by atoms with Crippen LogP contribution in [-0.4, -0.2) is 19.0 Å². The summed E-state index contributed by atoms with van der Waals surface area (Å²) in [5.41, 5.74) is 5.93. The van der Waals surface area contributed by atoms with Crippen LogP contribution in [0.1, 0.15) is 11.1 Å². The van der Waals surface area contributed by atoms with Crippen LogP contribution < -0.4 is 9.08 Å². The van der Waals surface area contributed by atoms with Crippen LogP contribution in [0.25, 0.3) is 33.4 Å².